The van der Waals surface area contributed by atoms with Crippen molar-refractivity contribution in [2.24, 2.45) is 0 Å². The van der Waals surface area contributed by atoms with Crippen molar-refractivity contribution >= 4 is 35.6 Å². The van der Waals surface area contributed by atoms with Crippen molar-refractivity contribution in [3.05, 3.63) is 86.5 Å². The van der Waals surface area contributed by atoms with E-state index in [1.165, 1.54) is 22.4 Å². The van der Waals surface area contributed by atoms with Gasteiger partial charge in [0, 0.05) is 17.9 Å². The monoisotopic (exact) mass is 433 g/mol. The molecule has 0 aliphatic heterocycles. The number of hydrogen-bond donors (Lipinski definition) is 1. The fraction of sp³-hybridized carbons (Fsp3) is 0.261. The number of aromatic nitrogens is 1. The lowest BCUT2D eigenvalue weighted by Gasteiger charge is -2.13. The minimum atomic E-state index is 0. The number of aryl methyl sites for hydroxylation is 1. The fourth-order valence-electron chi connectivity index (χ4n) is 3.76. The molecule has 2 aromatic carbocycles. The Kier molecular flexibility index (Phi) is 7.00. The molecule has 0 saturated carbocycles. The normalized spacial score (nSPS) is 12.5. The number of rotatable bonds is 5. The van der Waals surface area contributed by atoms with E-state index in [-0.39, 0.29) is 19.0 Å². The molecule has 0 fully saturated rings. The van der Waals surface area contributed by atoms with E-state index in [9.17, 15) is 0 Å². The van der Waals surface area contributed by atoms with Crippen molar-refractivity contribution in [3.8, 4) is 11.3 Å². The molecule has 1 heterocycles. The van der Waals surface area contributed by atoms with Crippen LogP contribution in [0.1, 0.15) is 34.4 Å². The number of pyridine rings is 1. The maximum Gasteiger partial charge on any atom is 0.0708 e. The van der Waals surface area contributed by atoms with E-state index in [1.54, 1.807) is 0 Å². The van der Waals surface area contributed by atoms with Crippen LogP contribution < -0.4 is 0 Å². The van der Waals surface area contributed by atoms with Crippen LogP contribution in [0.15, 0.2) is 48.5 Å². The standard InChI is InChI=1S/C23H21Cl2NO.ClH/c24-20-9-8-17(13-21(20)25)23-14-18(19-2-1-3-22(19)26-23)12-16-6-4-15(5-7-16)10-11-27;/h4-9,13-14,27H,1-3,10-12H2;1H. The summed E-state index contributed by atoms with van der Waals surface area (Å²) in [5.41, 5.74) is 8.35. The molecule has 28 heavy (non-hydrogen) atoms. The summed E-state index contributed by atoms with van der Waals surface area (Å²) < 4.78 is 0. The first-order chi connectivity index (χ1) is 13.1. The zero-order valence-corrected chi connectivity index (χ0v) is 17.7. The van der Waals surface area contributed by atoms with E-state index in [4.69, 9.17) is 33.3 Å². The van der Waals surface area contributed by atoms with Crippen molar-refractivity contribution in [2.75, 3.05) is 6.61 Å². The lowest BCUT2D eigenvalue weighted by atomic mass is 9.96. The van der Waals surface area contributed by atoms with Crippen molar-refractivity contribution in [1.82, 2.24) is 4.98 Å². The average Bonchev–Trinajstić information content (AvgIpc) is 3.15. The molecule has 0 spiro atoms. The number of hydrogen-bond acceptors (Lipinski definition) is 2. The Labute approximate surface area is 182 Å². The SMILES string of the molecule is Cl.OCCc1ccc(Cc2cc(-c3ccc(Cl)c(Cl)c3)nc3c2CCC3)cc1. The first-order valence-electron chi connectivity index (χ1n) is 9.30. The number of halogens is 3. The maximum atomic E-state index is 9.08. The molecule has 0 radical (unpaired) electrons. The van der Waals surface area contributed by atoms with Gasteiger partial charge in [0.15, 0.2) is 0 Å². The van der Waals surface area contributed by atoms with Gasteiger partial charge in [0.1, 0.15) is 0 Å². The fourth-order valence-corrected chi connectivity index (χ4v) is 4.06. The minimum Gasteiger partial charge on any atom is -0.396 e. The third-order valence-electron chi connectivity index (χ3n) is 5.18. The molecule has 2 nitrogen and oxygen atoms in total. The molecule has 3 aromatic rings. The van der Waals surface area contributed by atoms with Gasteiger partial charge in [0.25, 0.3) is 0 Å². The summed E-state index contributed by atoms with van der Waals surface area (Å²) in [7, 11) is 0. The van der Waals surface area contributed by atoms with Crippen LogP contribution >= 0.6 is 35.6 Å². The zero-order valence-electron chi connectivity index (χ0n) is 15.4. The van der Waals surface area contributed by atoms with Gasteiger partial charge in [-0.05, 0) is 72.6 Å². The zero-order chi connectivity index (χ0) is 18.8. The van der Waals surface area contributed by atoms with Gasteiger partial charge in [-0.15, -0.1) is 12.4 Å². The Bertz CT molecular complexity index is 970. The number of fused-ring (bicyclic) bond motifs is 1. The predicted molar refractivity (Wildman–Crippen MR) is 119 cm³/mol. The van der Waals surface area contributed by atoms with E-state index in [2.05, 4.69) is 30.3 Å². The topological polar surface area (TPSA) is 33.1 Å². The van der Waals surface area contributed by atoms with E-state index in [0.29, 0.717) is 16.5 Å². The molecule has 1 aromatic heterocycles. The van der Waals surface area contributed by atoms with Crippen LogP contribution in [-0.2, 0) is 25.7 Å². The summed E-state index contributed by atoms with van der Waals surface area (Å²) in [5.74, 6) is 0. The van der Waals surface area contributed by atoms with Crippen LogP contribution in [0, 0.1) is 0 Å². The molecule has 0 amide bonds. The highest BCUT2D eigenvalue weighted by Crippen LogP contribution is 2.32. The Morgan fingerprint density at radius 2 is 1.64 bits per heavy atom. The molecule has 1 N–H and O–H groups in total. The molecule has 4 rings (SSSR count). The highest BCUT2D eigenvalue weighted by atomic mass is 35.5. The Hall–Kier alpha value is -1.58. The molecular weight excluding hydrogens is 413 g/mol. The molecule has 146 valence electrons. The summed E-state index contributed by atoms with van der Waals surface area (Å²) in [4.78, 5) is 4.91. The van der Waals surface area contributed by atoms with Crippen molar-refractivity contribution < 1.29 is 5.11 Å². The van der Waals surface area contributed by atoms with Crippen LogP contribution in [0.2, 0.25) is 10.0 Å². The van der Waals surface area contributed by atoms with Gasteiger partial charge >= 0.3 is 0 Å². The van der Waals surface area contributed by atoms with Crippen LogP contribution in [0.5, 0.6) is 0 Å². The smallest absolute Gasteiger partial charge is 0.0708 e. The number of nitrogens with zero attached hydrogens (tertiary/aromatic N) is 1. The van der Waals surface area contributed by atoms with Crippen LogP contribution in [-0.4, -0.2) is 16.7 Å². The van der Waals surface area contributed by atoms with E-state index < -0.39 is 0 Å². The van der Waals surface area contributed by atoms with Gasteiger partial charge in [-0.25, -0.2) is 0 Å². The molecule has 5 heteroatoms. The van der Waals surface area contributed by atoms with Gasteiger partial charge in [0.2, 0.25) is 0 Å². The molecule has 0 unspecified atom stereocenters. The maximum absolute atomic E-state index is 9.08. The summed E-state index contributed by atoms with van der Waals surface area (Å²) in [6.45, 7) is 0.185. The Morgan fingerprint density at radius 3 is 2.36 bits per heavy atom. The van der Waals surface area contributed by atoms with Gasteiger partial charge in [-0.3, -0.25) is 4.98 Å². The molecule has 0 saturated heterocycles. The number of aliphatic hydroxyl groups is 1. The van der Waals surface area contributed by atoms with Crippen molar-refractivity contribution in [2.45, 2.75) is 32.1 Å². The van der Waals surface area contributed by atoms with Crippen molar-refractivity contribution in [1.29, 1.82) is 0 Å². The van der Waals surface area contributed by atoms with Gasteiger partial charge in [-0.2, -0.15) is 0 Å². The Balaban J connectivity index is 0.00000225. The summed E-state index contributed by atoms with van der Waals surface area (Å²) in [6.07, 6.45) is 4.88. The number of benzene rings is 2. The van der Waals surface area contributed by atoms with E-state index >= 15 is 0 Å². The third kappa shape index (κ3) is 4.52. The van der Waals surface area contributed by atoms with E-state index in [0.717, 1.165) is 42.5 Å². The first kappa shape index (κ1) is 21.1. The van der Waals surface area contributed by atoms with Gasteiger partial charge in [-0.1, -0.05) is 53.5 Å². The molecule has 1 aliphatic rings. The van der Waals surface area contributed by atoms with Crippen LogP contribution in [0.4, 0.5) is 0 Å². The van der Waals surface area contributed by atoms with Gasteiger partial charge in [0.05, 0.1) is 15.7 Å². The first-order valence-corrected chi connectivity index (χ1v) is 10.1. The number of aliphatic hydroxyl groups excluding tert-OH is 1. The highest BCUT2D eigenvalue weighted by Gasteiger charge is 2.19. The highest BCUT2D eigenvalue weighted by molar-refractivity contribution is 6.42. The lowest BCUT2D eigenvalue weighted by molar-refractivity contribution is 0.299. The van der Waals surface area contributed by atoms with Crippen LogP contribution in [0.3, 0.4) is 0 Å². The largest absolute Gasteiger partial charge is 0.396 e. The molecule has 0 bridgehead atoms. The van der Waals surface area contributed by atoms with Crippen LogP contribution in [0.25, 0.3) is 11.3 Å². The molecule has 1 aliphatic carbocycles. The Morgan fingerprint density at radius 1 is 0.893 bits per heavy atom. The quantitative estimate of drug-likeness (QED) is 0.527. The minimum absolute atomic E-state index is 0. The third-order valence-corrected chi connectivity index (χ3v) is 5.92. The second-order valence-electron chi connectivity index (χ2n) is 7.04. The summed E-state index contributed by atoms with van der Waals surface area (Å²) >= 11 is 12.3. The summed E-state index contributed by atoms with van der Waals surface area (Å²) in [5, 5.41) is 10.2. The predicted octanol–water partition coefficient (Wildman–Crippen LogP) is 6.09. The molecule has 0 atom stereocenters. The van der Waals surface area contributed by atoms with E-state index in [1.807, 2.05) is 18.2 Å². The van der Waals surface area contributed by atoms with Crippen molar-refractivity contribution in [3.63, 3.8) is 0 Å². The summed E-state index contributed by atoms with van der Waals surface area (Å²) in [6, 6.07) is 16.4. The second-order valence-corrected chi connectivity index (χ2v) is 7.86. The molecular formula is C23H22Cl3NO. The van der Waals surface area contributed by atoms with Gasteiger partial charge < -0.3 is 5.11 Å². The average molecular weight is 435 g/mol. The second kappa shape index (κ2) is 9.28. The lowest BCUT2D eigenvalue weighted by Crippen LogP contribution is -2.00.